The molecular weight excluding hydrogens is 338 g/mol. The van der Waals surface area contributed by atoms with Crippen LogP contribution in [-0.2, 0) is 4.79 Å². The zero-order valence-electron chi connectivity index (χ0n) is 15.2. The van der Waals surface area contributed by atoms with Gasteiger partial charge >= 0.3 is 6.03 Å². The van der Waals surface area contributed by atoms with Gasteiger partial charge in [-0.15, -0.1) is 0 Å². The number of amides is 4. The van der Waals surface area contributed by atoms with Gasteiger partial charge in [0.25, 0.3) is 11.8 Å². The summed E-state index contributed by atoms with van der Waals surface area (Å²) in [7, 11) is 3.01. The van der Waals surface area contributed by atoms with Gasteiger partial charge in [-0.25, -0.2) is 4.79 Å². The number of carbonyl (C=O) groups is 3. The van der Waals surface area contributed by atoms with E-state index in [0.717, 1.165) is 0 Å². The topological polar surface area (TPSA) is 88.2 Å². The summed E-state index contributed by atoms with van der Waals surface area (Å²) in [4.78, 5) is 40.3. The first-order chi connectivity index (χ1) is 12.5. The van der Waals surface area contributed by atoms with E-state index in [-0.39, 0.29) is 17.8 Å². The summed E-state index contributed by atoms with van der Waals surface area (Å²) in [6, 6.07) is 4.80. The molecule has 0 bridgehead atoms. The molecule has 4 amide bonds. The van der Waals surface area contributed by atoms with Gasteiger partial charge in [0, 0.05) is 19.6 Å². The Balaban J connectivity index is 1.76. The van der Waals surface area contributed by atoms with Crippen LogP contribution in [0.25, 0.3) is 0 Å². The van der Waals surface area contributed by atoms with Crippen LogP contribution < -0.4 is 14.8 Å². The molecule has 2 heterocycles. The number of likely N-dealkylation sites (tertiary alicyclic amines) is 1. The highest BCUT2D eigenvalue weighted by molar-refractivity contribution is 6.07. The van der Waals surface area contributed by atoms with Gasteiger partial charge in [0.2, 0.25) is 0 Å². The molecule has 8 nitrogen and oxygen atoms in total. The number of nitrogens with zero attached hydrogens (tertiary/aromatic N) is 2. The van der Waals surface area contributed by atoms with Crippen LogP contribution in [-0.4, -0.2) is 67.0 Å². The lowest BCUT2D eigenvalue weighted by Gasteiger charge is -2.37. The minimum Gasteiger partial charge on any atom is -0.493 e. The minimum atomic E-state index is -0.887. The van der Waals surface area contributed by atoms with Crippen molar-refractivity contribution >= 4 is 17.8 Å². The third-order valence-corrected chi connectivity index (χ3v) is 5.10. The number of likely N-dealkylation sites (N-methyl/N-ethyl adjacent to an activating group) is 1. The van der Waals surface area contributed by atoms with E-state index in [1.165, 1.54) is 19.1 Å². The SMILES string of the molecule is CCN1C(=O)NC2(CCN(C(=O)c3cccc(OC)c3OC)CC2)C1=O. The normalized spacial score (nSPS) is 18.9. The lowest BCUT2D eigenvalue weighted by molar-refractivity contribution is -0.132. The standard InChI is InChI=1S/C18H23N3O5/c1-4-21-16(23)18(19-17(21)24)8-10-20(11-9-18)15(22)12-6-5-7-13(25-2)14(12)26-3/h5-7H,4,8-11H2,1-3H3,(H,19,24). The van der Waals surface area contributed by atoms with Gasteiger partial charge in [0.15, 0.2) is 11.5 Å². The molecule has 0 unspecified atom stereocenters. The molecule has 2 fully saturated rings. The average Bonchev–Trinajstić information content (AvgIpc) is 2.90. The van der Waals surface area contributed by atoms with Crippen molar-refractivity contribution in [1.29, 1.82) is 0 Å². The zero-order valence-corrected chi connectivity index (χ0v) is 15.2. The molecule has 140 valence electrons. The van der Waals surface area contributed by atoms with Crippen LogP contribution in [0.15, 0.2) is 18.2 Å². The molecule has 0 aromatic heterocycles. The maximum Gasteiger partial charge on any atom is 0.325 e. The van der Waals surface area contributed by atoms with Crippen molar-refractivity contribution in [2.24, 2.45) is 0 Å². The first-order valence-corrected chi connectivity index (χ1v) is 8.61. The Morgan fingerprint density at radius 1 is 1.19 bits per heavy atom. The molecule has 8 heteroatoms. The van der Waals surface area contributed by atoms with Crippen molar-refractivity contribution in [3.63, 3.8) is 0 Å². The van der Waals surface area contributed by atoms with Gasteiger partial charge in [-0.05, 0) is 31.9 Å². The van der Waals surface area contributed by atoms with Gasteiger partial charge in [-0.2, -0.15) is 0 Å². The van der Waals surface area contributed by atoms with Crippen LogP contribution in [0.1, 0.15) is 30.1 Å². The number of nitrogens with one attached hydrogen (secondary N) is 1. The highest BCUT2D eigenvalue weighted by Gasteiger charge is 2.52. The number of piperidine rings is 1. The number of hydrogen-bond acceptors (Lipinski definition) is 5. The lowest BCUT2D eigenvalue weighted by Crippen LogP contribution is -2.55. The molecule has 0 atom stereocenters. The zero-order chi connectivity index (χ0) is 18.9. The van der Waals surface area contributed by atoms with E-state index in [0.29, 0.717) is 49.5 Å². The van der Waals surface area contributed by atoms with Crippen LogP contribution in [0.3, 0.4) is 0 Å². The van der Waals surface area contributed by atoms with Gasteiger partial charge in [-0.1, -0.05) is 6.07 Å². The molecule has 2 aliphatic rings. The largest absolute Gasteiger partial charge is 0.493 e. The molecule has 2 aliphatic heterocycles. The second-order valence-corrected chi connectivity index (χ2v) is 6.39. The Labute approximate surface area is 152 Å². The number of rotatable bonds is 4. The second-order valence-electron chi connectivity index (χ2n) is 6.39. The Bertz CT molecular complexity index is 740. The smallest absolute Gasteiger partial charge is 0.325 e. The summed E-state index contributed by atoms with van der Waals surface area (Å²) in [5, 5.41) is 2.81. The molecule has 3 rings (SSSR count). The lowest BCUT2D eigenvalue weighted by atomic mass is 9.87. The fourth-order valence-electron chi connectivity index (χ4n) is 3.62. The number of hydrogen-bond donors (Lipinski definition) is 1. The van der Waals surface area contributed by atoms with Crippen LogP contribution in [0.5, 0.6) is 11.5 Å². The van der Waals surface area contributed by atoms with Crippen LogP contribution in [0.4, 0.5) is 4.79 Å². The first-order valence-electron chi connectivity index (χ1n) is 8.61. The van der Waals surface area contributed by atoms with Crippen LogP contribution in [0.2, 0.25) is 0 Å². The third kappa shape index (κ3) is 2.75. The number of ether oxygens (including phenoxy) is 2. The summed E-state index contributed by atoms with van der Waals surface area (Å²) in [5.41, 5.74) is -0.470. The van der Waals surface area contributed by atoms with Crippen molar-refractivity contribution in [3.8, 4) is 11.5 Å². The van der Waals surface area contributed by atoms with E-state index in [2.05, 4.69) is 5.32 Å². The third-order valence-electron chi connectivity index (χ3n) is 5.10. The summed E-state index contributed by atoms with van der Waals surface area (Å²) in [5.74, 6) is 0.502. The van der Waals surface area contributed by atoms with Crippen molar-refractivity contribution in [2.45, 2.75) is 25.3 Å². The predicted octanol–water partition coefficient (Wildman–Crippen LogP) is 1.25. The van der Waals surface area contributed by atoms with Gasteiger partial charge < -0.3 is 19.7 Å². The molecule has 1 N–H and O–H groups in total. The average molecular weight is 361 g/mol. The van der Waals surface area contributed by atoms with Crippen molar-refractivity contribution in [2.75, 3.05) is 33.9 Å². The predicted molar refractivity (Wildman–Crippen MR) is 93.3 cm³/mol. The molecule has 2 saturated heterocycles. The van der Waals surface area contributed by atoms with E-state index in [1.807, 2.05) is 0 Å². The van der Waals surface area contributed by atoms with Crippen LogP contribution >= 0.6 is 0 Å². The van der Waals surface area contributed by atoms with Crippen molar-refractivity contribution < 1.29 is 23.9 Å². The quantitative estimate of drug-likeness (QED) is 0.816. The maximum atomic E-state index is 12.9. The van der Waals surface area contributed by atoms with Crippen molar-refractivity contribution in [3.05, 3.63) is 23.8 Å². The molecule has 0 aliphatic carbocycles. The van der Waals surface area contributed by atoms with Gasteiger partial charge in [0.05, 0.1) is 19.8 Å². The molecule has 1 aromatic rings. The van der Waals surface area contributed by atoms with Gasteiger partial charge in [-0.3, -0.25) is 14.5 Å². The number of imide groups is 1. The second kappa shape index (κ2) is 6.86. The number of methoxy groups -OCH3 is 2. The van der Waals surface area contributed by atoms with E-state index in [4.69, 9.17) is 9.47 Å². The number of benzene rings is 1. The summed E-state index contributed by atoms with van der Waals surface area (Å²) in [6.07, 6.45) is 0.790. The van der Waals surface area contributed by atoms with E-state index >= 15 is 0 Å². The van der Waals surface area contributed by atoms with E-state index in [9.17, 15) is 14.4 Å². The molecule has 1 spiro atoms. The summed E-state index contributed by atoms with van der Waals surface area (Å²) < 4.78 is 10.6. The molecular formula is C18H23N3O5. The van der Waals surface area contributed by atoms with E-state index < -0.39 is 5.54 Å². The number of para-hydroxylation sites is 1. The highest BCUT2D eigenvalue weighted by Crippen LogP contribution is 2.34. The Kier molecular flexibility index (Phi) is 4.76. The monoisotopic (exact) mass is 361 g/mol. The maximum absolute atomic E-state index is 12.9. The Morgan fingerprint density at radius 3 is 2.42 bits per heavy atom. The Morgan fingerprint density at radius 2 is 1.88 bits per heavy atom. The number of urea groups is 1. The Hall–Kier alpha value is -2.77. The molecule has 0 saturated carbocycles. The molecule has 26 heavy (non-hydrogen) atoms. The van der Waals surface area contributed by atoms with Crippen LogP contribution in [0, 0.1) is 0 Å². The van der Waals surface area contributed by atoms with Crippen molar-refractivity contribution in [1.82, 2.24) is 15.1 Å². The fraction of sp³-hybridized carbons (Fsp3) is 0.500. The molecule has 1 aromatic carbocycles. The highest BCUT2D eigenvalue weighted by atomic mass is 16.5. The number of carbonyl (C=O) groups excluding carboxylic acids is 3. The summed E-state index contributed by atoms with van der Waals surface area (Å²) in [6.45, 7) is 2.87. The van der Waals surface area contributed by atoms with E-state index in [1.54, 1.807) is 30.0 Å². The first kappa shape index (κ1) is 18.0. The fourth-order valence-corrected chi connectivity index (χ4v) is 3.62. The molecule has 0 radical (unpaired) electrons. The van der Waals surface area contributed by atoms with Gasteiger partial charge in [0.1, 0.15) is 5.54 Å². The minimum absolute atomic E-state index is 0.181. The summed E-state index contributed by atoms with van der Waals surface area (Å²) >= 11 is 0.